The predicted octanol–water partition coefficient (Wildman–Crippen LogP) is 6.86. The van der Waals surface area contributed by atoms with Gasteiger partial charge in [-0.2, -0.15) is 26.3 Å². The molecule has 1 aromatic carbocycles. The van der Waals surface area contributed by atoms with Crippen LogP contribution in [0.15, 0.2) is 18.2 Å². The molecule has 0 fully saturated rings. The molecule has 2 nitrogen and oxygen atoms in total. The average molecular weight is 398 g/mol. The minimum Gasteiger partial charge on any atom is -0.481 e. The van der Waals surface area contributed by atoms with Gasteiger partial charge in [0.05, 0.1) is 11.1 Å². The molecule has 0 aliphatic rings. The van der Waals surface area contributed by atoms with Crippen molar-refractivity contribution in [2.24, 2.45) is 0 Å². The minimum absolute atomic E-state index is 0.0471. The van der Waals surface area contributed by atoms with Gasteiger partial charge >= 0.3 is 18.3 Å². The molecule has 1 N–H and O–H groups in total. The largest absolute Gasteiger partial charge is 0.481 e. The fourth-order valence-corrected chi connectivity index (χ4v) is 2.83. The Balaban J connectivity index is 2.39. The fraction of sp³-hybridized carbons (Fsp3) is 0.632. The predicted molar refractivity (Wildman–Crippen MR) is 89.3 cm³/mol. The maximum Gasteiger partial charge on any atom is 0.416 e. The van der Waals surface area contributed by atoms with Crippen LogP contribution in [-0.2, 0) is 23.6 Å². The highest BCUT2D eigenvalue weighted by Gasteiger charge is 2.36. The van der Waals surface area contributed by atoms with E-state index in [4.69, 9.17) is 5.11 Å². The molecular weight excluding hydrogens is 374 g/mol. The van der Waals surface area contributed by atoms with E-state index >= 15 is 0 Å². The Morgan fingerprint density at radius 3 is 1.52 bits per heavy atom. The summed E-state index contributed by atoms with van der Waals surface area (Å²) in [6.45, 7) is 0. The zero-order valence-corrected chi connectivity index (χ0v) is 14.9. The number of rotatable bonds is 11. The highest BCUT2D eigenvalue weighted by atomic mass is 19.4. The molecule has 0 bridgehead atoms. The van der Waals surface area contributed by atoms with Gasteiger partial charge in [-0.1, -0.05) is 38.5 Å². The van der Waals surface area contributed by atoms with E-state index in [1.165, 1.54) is 0 Å². The summed E-state index contributed by atoms with van der Waals surface area (Å²) >= 11 is 0. The number of aliphatic carboxylic acids is 1. The highest BCUT2D eigenvalue weighted by Crippen LogP contribution is 2.36. The first-order valence-electron chi connectivity index (χ1n) is 9.00. The molecule has 27 heavy (non-hydrogen) atoms. The number of aryl methyl sites for hydroxylation is 1. The SMILES string of the molecule is O=C(O)CCCCCCCCCCc1cc(C(F)(F)F)cc(C(F)(F)F)c1. The van der Waals surface area contributed by atoms with Crippen molar-refractivity contribution in [1.82, 2.24) is 0 Å². The molecule has 0 unspecified atom stereocenters. The van der Waals surface area contributed by atoms with Gasteiger partial charge < -0.3 is 5.11 Å². The third-order valence-electron chi connectivity index (χ3n) is 4.25. The second-order valence-electron chi connectivity index (χ2n) is 6.64. The molecular formula is C19H24F6O2. The molecule has 0 heterocycles. The topological polar surface area (TPSA) is 37.3 Å². The summed E-state index contributed by atoms with van der Waals surface area (Å²) < 4.78 is 76.8. The third-order valence-corrected chi connectivity index (χ3v) is 4.25. The van der Waals surface area contributed by atoms with Crippen molar-refractivity contribution in [1.29, 1.82) is 0 Å². The van der Waals surface area contributed by atoms with Crippen molar-refractivity contribution in [3.8, 4) is 0 Å². The molecule has 1 rings (SSSR count). The maximum atomic E-state index is 12.8. The van der Waals surface area contributed by atoms with Gasteiger partial charge in [0.2, 0.25) is 0 Å². The zero-order valence-electron chi connectivity index (χ0n) is 14.9. The van der Waals surface area contributed by atoms with Gasteiger partial charge in [-0.25, -0.2) is 0 Å². The summed E-state index contributed by atoms with van der Waals surface area (Å²) in [5.41, 5.74) is -2.49. The number of unbranched alkanes of at least 4 members (excludes halogenated alkanes) is 7. The molecule has 0 aliphatic heterocycles. The van der Waals surface area contributed by atoms with Crippen molar-refractivity contribution in [3.05, 3.63) is 34.9 Å². The van der Waals surface area contributed by atoms with Crippen LogP contribution in [0.3, 0.4) is 0 Å². The first kappa shape index (κ1) is 23.3. The number of halogens is 6. The molecule has 0 amide bonds. The van der Waals surface area contributed by atoms with Crippen molar-refractivity contribution in [2.45, 2.75) is 76.6 Å². The van der Waals surface area contributed by atoms with E-state index in [1.54, 1.807) is 0 Å². The van der Waals surface area contributed by atoms with Crippen LogP contribution in [0.25, 0.3) is 0 Å². The summed E-state index contributed by atoms with van der Waals surface area (Å²) in [7, 11) is 0. The van der Waals surface area contributed by atoms with E-state index in [0.717, 1.165) is 50.7 Å². The van der Waals surface area contributed by atoms with Crippen molar-refractivity contribution in [3.63, 3.8) is 0 Å². The minimum atomic E-state index is -4.81. The molecule has 154 valence electrons. The van der Waals surface area contributed by atoms with Crippen LogP contribution in [0.4, 0.5) is 26.3 Å². The van der Waals surface area contributed by atoms with Crippen molar-refractivity contribution < 1.29 is 36.2 Å². The van der Waals surface area contributed by atoms with Crippen LogP contribution in [0.5, 0.6) is 0 Å². The molecule has 0 saturated carbocycles. The zero-order chi connectivity index (χ0) is 20.5. The molecule has 1 aromatic rings. The average Bonchev–Trinajstić information content (AvgIpc) is 2.54. The van der Waals surface area contributed by atoms with Crippen LogP contribution in [-0.4, -0.2) is 11.1 Å². The van der Waals surface area contributed by atoms with E-state index in [0.29, 0.717) is 12.8 Å². The van der Waals surface area contributed by atoms with Gasteiger partial charge in [-0.05, 0) is 43.0 Å². The van der Waals surface area contributed by atoms with Crippen LogP contribution in [0.2, 0.25) is 0 Å². The second-order valence-corrected chi connectivity index (χ2v) is 6.64. The molecule has 0 radical (unpaired) electrons. The Morgan fingerprint density at radius 2 is 1.11 bits per heavy atom. The van der Waals surface area contributed by atoms with Crippen LogP contribution >= 0.6 is 0 Å². The number of hydrogen-bond donors (Lipinski definition) is 1. The Hall–Kier alpha value is -1.73. The number of carboxylic acids is 1. The third kappa shape index (κ3) is 9.68. The summed E-state index contributed by atoms with van der Waals surface area (Å²) in [6, 6.07) is 1.73. The van der Waals surface area contributed by atoms with E-state index in [9.17, 15) is 31.1 Å². The van der Waals surface area contributed by atoms with Crippen molar-refractivity contribution >= 4 is 5.97 Å². The lowest BCUT2D eigenvalue weighted by Crippen LogP contribution is -2.11. The summed E-state index contributed by atoms with van der Waals surface area (Å²) in [4.78, 5) is 10.4. The van der Waals surface area contributed by atoms with Crippen molar-refractivity contribution in [2.75, 3.05) is 0 Å². The highest BCUT2D eigenvalue weighted by molar-refractivity contribution is 5.66. The van der Waals surface area contributed by atoms with Gasteiger partial charge in [0.1, 0.15) is 0 Å². The lowest BCUT2D eigenvalue weighted by atomic mass is 9.99. The summed E-state index contributed by atoms with van der Waals surface area (Å²) in [6.07, 6.45) is -2.89. The number of carbonyl (C=O) groups is 1. The number of carboxylic acid groups (broad SMARTS) is 1. The van der Waals surface area contributed by atoms with Gasteiger partial charge in [-0.15, -0.1) is 0 Å². The van der Waals surface area contributed by atoms with E-state index in [1.807, 2.05) is 0 Å². The van der Waals surface area contributed by atoms with Crippen LogP contribution < -0.4 is 0 Å². The van der Waals surface area contributed by atoms with Gasteiger partial charge in [0, 0.05) is 6.42 Å². The lowest BCUT2D eigenvalue weighted by molar-refractivity contribution is -0.143. The van der Waals surface area contributed by atoms with Gasteiger partial charge in [0.25, 0.3) is 0 Å². The monoisotopic (exact) mass is 398 g/mol. The molecule has 0 saturated heterocycles. The van der Waals surface area contributed by atoms with Crippen LogP contribution in [0.1, 0.15) is 74.5 Å². The molecule has 0 spiro atoms. The van der Waals surface area contributed by atoms with E-state index in [-0.39, 0.29) is 24.5 Å². The number of benzene rings is 1. The fourth-order valence-electron chi connectivity index (χ4n) is 2.83. The Kier molecular flexibility index (Phi) is 9.12. The Labute approximate surface area is 154 Å². The molecule has 0 aromatic heterocycles. The lowest BCUT2D eigenvalue weighted by Gasteiger charge is -2.14. The quantitative estimate of drug-likeness (QED) is 0.326. The van der Waals surface area contributed by atoms with E-state index < -0.39 is 29.4 Å². The smallest absolute Gasteiger partial charge is 0.416 e. The first-order valence-corrected chi connectivity index (χ1v) is 9.00. The Morgan fingerprint density at radius 1 is 0.704 bits per heavy atom. The van der Waals surface area contributed by atoms with Gasteiger partial charge in [-0.3, -0.25) is 4.79 Å². The standard InChI is InChI=1S/C19H24F6O2/c20-18(21,22)15-11-14(12-16(13-15)19(23,24)25)9-7-5-3-1-2-4-6-8-10-17(26)27/h11-13H,1-10H2,(H,26,27). The number of alkyl halides is 6. The Bertz CT molecular complexity index is 561. The second kappa shape index (κ2) is 10.6. The molecule has 0 aliphatic carbocycles. The first-order chi connectivity index (χ1) is 12.5. The van der Waals surface area contributed by atoms with E-state index in [2.05, 4.69) is 0 Å². The maximum absolute atomic E-state index is 12.8. The number of hydrogen-bond acceptors (Lipinski definition) is 1. The van der Waals surface area contributed by atoms with Gasteiger partial charge in [0.15, 0.2) is 0 Å². The molecule has 8 heteroatoms. The van der Waals surface area contributed by atoms with Crippen LogP contribution in [0, 0.1) is 0 Å². The summed E-state index contributed by atoms with van der Waals surface area (Å²) in [5.74, 6) is -0.807. The summed E-state index contributed by atoms with van der Waals surface area (Å²) in [5, 5.41) is 8.51. The normalized spacial score (nSPS) is 12.4. The molecule has 0 atom stereocenters.